The molecular formula is C22H23N3O4. The summed E-state index contributed by atoms with van der Waals surface area (Å²) < 4.78 is 16.6. The van der Waals surface area contributed by atoms with E-state index >= 15 is 0 Å². The van der Waals surface area contributed by atoms with E-state index in [1.54, 1.807) is 7.11 Å². The number of nitrogens with zero attached hydrogens (tertiary/aromatic N) is 1. The molecule has 7 heteroatoms. The molecule has 0 saturated carbocycles. The van der Waals surface area contributed by atoms with Crippen molar-refractivity contribution in [2.24, 2.45) is 0 Å². The molecule has 0 radical (unpaired) electrons. The van der Waals surface area contributed by atoms with Gasteiger partial charge in [0.25, 0.3) is 5.91 Å². The van der Waals surface area contributed by atoms with Crippen LogP contribution in [0.4, 0.5) is 0 Å². The fourth-order valence-corrected chi connectivity index (χ4v) is 2.81. The number of hydrogen-bond acceptors (Lipinski definition) is 6. The maximum Gasteiger partial charge on any atom is 0.263 e. The summed E-state index contributed by atoms with van der Waals surface area (Å²) in [6.07, 6.45) is 1.86. The largest absolute Gasteiger partial charge is 0.497 e. The molecule has 0 saturated heterocycles. The fraction of sp³-hybridized carbons (Fsp3) is 0.273. The van der Waals surface area contributed by atoms with E-state index in [0.29, 0.717) is 37.6 Å². The highest BCUT2D eigenvalue weighted by Crippen LogP contribution is 2.30. The Balaban J connectivity index is 1.43. The van der Waals surface area contributed by atoms with Crippen LogP contribution in [0.15, 0.2) is 60.3 Å². The van der Waals surface area contributed by atoms with Crippen molar-refractivity contribution in [3.05, 3.63) is 65.9 Å². The van der Waals surface area contributed by atoms with Gasteiger partial charge in [0.2, 0.25) is 0 Å². The fourth-order valence-electron chi connectivity index (χ4n) is 2.81. The summed E-state index contributed by atoms with van der Waals surface area (Å²) in [4.78, 5) is 12.2. The zero-order chi connectivity index (χ0) is 20.5. The van der Waals surface area contributed by atoms with Crippen molar-refractivity contribution in [1.82, 2.24) is 10.6 Å². The molecule has 150 valence electrons. The smallest absolute Gasteiger partial charge is 0.263 e. The van der Waals surface area contributed by atoms with Crippen LogP contribution in [-0.4, -0.2) is 38.8 Å². The van der Waals surface area contributed by atoms with E-state index in [0.717, 1.165) is 11.3 Å². The molecule has 1 atom stereocenters. The Kier molecular flexibility index (Phi) is 6.95. The number of amides is 1. The molecule has 2 aromatic rings. The Hall–Kier alpha value is -3.66. The van der Waals surface area contributed by atoms with Crippen molar-refractivity contribution in [3.8, 4) is 23.3 Å². The summed E-state index contributed by atoms with van der Waals surface area (Å²) in [5.74, 6) is 1.77. The molecule has 0 aliphatic carbocycles. The zero-order valence-corrected chi connectivity index (χ0v) is 16.2. The van der Waals surface area contributed by atoms with E-state index in [4.69, 9.17) is 14.2 Å². The number of ether oxygens (including phenoxy) is 3. The molecular weight excluding hydrogens is 370 g/mol. The number of carbonyl (C=O) groups is 1. The predicted molar refractivity (Wildman–Crippen MR) is 108 cm³/mol. The second-order valence-electron chi connectivity index (χ2n) is 6.43. The normalized spacial score (nSPS) is 15.2. The predicted octanol–water partition coefficient (Wildman–Crippen LogP) is 2.19. The van der Waals surface area contributed by atoms with E-state index < -0.39 is 5.91 Å². The number of benzene rings is 2. The highest BCUT2D eigenvalue weighted by atomic mass is 16.6. The van der Waals surface area contributed by atoms with Gasteiger partial charge in [-0.3, -0.25) is 4.79 Å². The van der Waals surface area contributed by atoms with Crippen molar-refractivity contribution in [1.29, 1.82) is 5.26 Å². The Morgan fingerprint density at radius 3 is 2.72 bits per heavy atom. The molecule has 7 nitrogen and oxygen atoms in total. The molecule has 29 heavy (non-hydrogen) atoms. The molecule has 0 bridgehead atoms. The lowest BCUT2D eigenvalue weighted by molar-refractivity contribution is -0.117. The van der Waals surface area contributed by atoms with Crippen LogP contribution < -0.4 is 24.8 Å². The highest BCUT2D eigenvalue weighted by Gasteiger charge is 2.20. The minimum absolute atomic E-state index is 0.0110. The number of rotatable bonds is 8. The van der Waals surface area contributed by atoms with Crippen molar-refractivity contribution < 1.29 is 19.0 Å². The third kappa shape index (κ3) is 5.66. The van der Waals surface area contributed by atoms with Crippen molar-refractivity contribution in [2.45, 2.75) is 12.5 Å². The summed E-state index contributed by atoms with van der Waals surface area (Å²) in [6, 6.07) is 17.0. The second-order valence-corrected chi connectivity index (χ2v) is 6.43. The van der Waals surface area contributed by atoms with E-state index in [-0.39, 0.29) is 11.7 Å². The molecule has 1 heterocycles. The Bertz CT molecular complexity index is 903. The van der Waals surface area contributed by atoms with Gasteiger partial charge in [-0.05, 0) is 36.2 Å². The number of nitriles is 1. The van der Waals surface area contributed by atoms with E-state index in [1.165, 1.54) is 6.20 Å². The summed E-state index contributed by atoms with van der Waals surface area (Å²) >= 11 is 0. The summed E-state index contributed by atoms with van der Waals surface area (Å²) in [5.41, 5.74) is 1.08. The third-order valence-corrected chi connectivity index (χ3v) is 4.38. The first kappa shape index (κ1) is 20.1. The first-order chi connectivity index (χ1) is 14.2. The van der Waals surface area contributed by atoms with Crippen LogP contribution in [0.3, 0.4) is 0 Å². The molecule has 0 aromatic heterocycles. The van der Waals surface area contributed by atoms with E-state index in [1.807, 2.05) is 54.6 Å². The van der Waals surface area contributed by atoms with Gasteiger partial charge in [0.05, 0.1) is 13.7 Å². The maximum atomic E-state index is 12.2. The zero-order valence-electron chi connectivity index (χ0n) is 16.2. The highest BCUT2D eigenvalue weighted by molar-refractivity contribution is 5.97. The number of nitrogens with one attached hydrogen (secondary N) is 2. The second kappa shape index (κ2) is 10.0. The van der Waals surface area contributed by atoms with Gasteiger partial charge in [-0.1, -0.05) is 24.3 Å². The monoisotopic (exact) mass is 393 g/mol. The third-order valence-electron chi connectivity index (χ3n) is 4.38. The van der Waals surface area contributed by atoms with Crippen LogP contribution in [-0.2, 0) is 11.2 Å². The molecule has 0 fully saturated rings. The summed E-state index contributed by atoms with van der Waals surface area (Å²) in [7, 11) is 1.62. The van der Waals surface area contributed by atoms with Gasteiger partial charge >= 0.3 is 0 Å². The number of para-hydroxylation sites is 2. The number of methoxy groups -OCH3 is 1. The number of hydrogen-bond donors (Lipinski definition) is 2. The Labute approximate surface area is 169 Å². The maximum absolute atomic E-state index is 12.2. The van der Waals surface area contributed by atoms with Crippen LogP contribution in [0.5, 0.6) is 17.2 Å². The van der Waals surface area contributed by atoms with Crippen molar-refractivity contribution >= 4 is 5.91 Å². The van der Waals surface area contributed by atoms with Gasteiger partial charge < -0.3 is 24.8 Å². The number of carbonyl (C=O) groups excluding carboxylic acids is 1. The topological polar surface area (TPSA) is 92.6 Å². The van der Waals surface area contributed by atoms with Gasteiger partial charge in [-0.25, -0.2) is 0 Å². The van der Waals surface area contributed by atoms with Gasteiger partial charge in [0.1, 0.15) is 30.1 Å². The minimum atomic E-state index is -0.417. The standard InChI is InChI=1S/C22H23N3O4/c1-27-18-8-6-16(7-9-18)10-11-25-22(26)17(12-23)13-24-14-19-15-28-20-4-2-3-5-21(20)29-19/h2-9,13,19,24H,10-11,14-15H2,1H3,(H,25,26)/b17-13-. The SMILES string of the molecule is COc1ccc(CCNC(=O)/C(C#N)=C\NCC2COc3ccccc3O2)cc1. The molecule has 1 unspecified atom stereocenters. The van der Waals surface area contributed by atoms with Crippen LogP contribution in [0, 0.1) is 11.3 Å². The first-order valence-electron chi connectivity index (χ1n) is 9.33. The van der Waals surface area contributed by atoms with Gasteiger partial charge in [0, 0.05) is 12.7 Å². The van der Waals surface area contributed by atoms with Crippen molar-refractivity contribution in [3.63, 3.8) is 0 Å². The molecule has 1 aliphatic heterocycles. The average molecular weight is 393 g/mol. The Morgan fingerprint density at radius 1 is 1.24 bits per heavy atom. The average Bonchev–Trinajstić information content (AvgIpc) is 2.77. The molecule has 0 spiro atoms. The van der Waals surface area contributed by atoms with E-state index in [2.05, 4.69) is 10.6 Å². The molecule has 3 rings (SSSR count). The van der Waals surface area contributed by atoms with Crippen LogP contribution in [0.1, 0.15) is 5.56 Å². The van der Waals surface area contributed by atoms with Crippen LogP contribution in [0.2, 0.25) is 0 Å². The van der Waals surface area contributed by atoms with Gasteiger partial charge in [-0.2, -0.15) is 5.26 Å². The van der Waals surface area contributed by atoms with Crippen molar-refractivity contribution in [2.75, 3.05) is 26.8 Å². The molecule has 1 aliphatic rings. The lowest BCUT2D eigenvalue weighted by Gasteiger charge is -2.26. The first-order valence-corrected chi connectivity index (χ1v) is 9.33. The minimum Gasteiger partial charge on any atom is -0.497 e. The van der Waals surface area contributed by atoms with Gasteiger partial charge in [0.15, 0.2) is 11.5 Å². The number of fused-ring (bicyclic) bond motifs is 1. The molecule has 1 amide bonds. The molecule has 2 aromatic carbocycles. The van der Waals surface area contributed by atoms with Crippen LogP contribution in [0.25, 0.3) is 0 Å². The summed E-state index contributed by atoms with van der Waals surface area (Å²) in [6.45, 7) is 1.24. The summed E-state index contributed by atoms with van der Waals surface area (Å²) in [5, 5.41) is 15.0. The Morgan fingerprint density at radius 2 is 2.00 bits per heavy atom. The van der Waals surface area contributed by atoms with Crippen LogP contribution >= 0.6 is 0 Å². The van der Waals surface area contributed by atoms with E-state index in [9.17, 15) is 10.1 Å². The molecule has 2 N–H and O–H groups in total. The van der Waals surface area contributed by atoms with Gasteiger partial charge in [-0.15, -0.1) is 0 Å². The quantitative estimate of drug-likeness (QED) is 0.528. The lowest BCUT2D eigenvalue weighted by atomic mass is 10.1. The lowest BCUT2D eigenvalue weighted by Crippen LogP contribution is -2.37.